The molecule has 0 aliphatic rings. The molecular weight excluding hydrogens is 136 g/mol. The summed E-state index contributed by atoms with van der Waals surface area (Å²) in [6.45, 7) is 11.3. The van der Waals surface area contributed by atoms with E-state index >= 15 is 0 Å². The maximum atomic E-state index is 8.71. The first-order chi connectivity index (χ1) is 4.93. The fourth-order valence-corrected chi connectivity index (χ4v) is 1.40. The molecule has 0 aliphatic carbocycles. The molecule has 0 aromatic heterocycles. The molecular formula is C9H18N2. The first kappa shape index (κ1) is 10.4. The normalized spacial score (nSPS) is 14.6. The highest BCUT2D eigenvalue weighted by Gasteiger charge is 2.23. The van der Waals surface area contributed by atoms with Crippen LogP contribution in [-0.4, -0.2) is 23.0 Å². The lowest BCUT2D eigenvalue weighted by Crippen LogP contribution is -2.46. The minimum absolute atomic E-state index is 0.0139. The second kappa shape index (κ2) is 3.73. The molecule has 1 unspecified atom stereocenters. The van der Waals surface area contributed by atoms with E-state index in [4.69, 9.17) is 5.26 Å². The van der Waals surface area contributed by atoms with E-state index in [9.17, 15) is 0 Å². The van der Waals surface area contributed by atoms with Crippen LogP contribution in [0.5, 0.6) is 0 Å². The molecule has 0 rings (SSSR count). The number of nitrogens with zero attached hydrogens (tertiary/aromatic N) is 2. The van der Waals surface area contributed by atoms with Crippen molar-refractivity contribution in [2.75, 3.05) is 6.54 Å². The van der Waals surface area contributed by atoms with Gasteiger partial charge in [0.1, 0.15) is 0 Å². The fraction of sp³-hybridized carbons (Fsp3) is 0.889. The zero-order valence-electron chi connectivity index (χ0n) is 8.18. The highest BCUT2D eigenvalue weighted by Crippen LogP contribution is 2.15. The Labute approximate surface area is 69.8 Å². The molecule has 1 atom stereocenters. The summed E-state index contributed by atoms with van der Waals surface area (Å²) in [4.78, 5) is 2.17. The van der Waals surface area contributed by atoms with Gasteiger partial charge in [-0.25, -0.2) is 0 Å². The second-order valence-corrected chi connectivity index (χ2v) is 3.76. The van der Waals surface area contributed by atoms with Crippen molar-refractivity contribution in [3.63, 3.8) is 0 Å². The van der Waals surface area contributed by atoms with Crippen LogP contribution in [0, 0.1) is 11.3 Å². The number of rotatable bonds is 2. The van der Waals surface area contributed by atoms with Crippen molar-refractivity contribution in [3.8, 4) is 6.07 Å². The number of nitriles is 1. The summed E-state index contributed by atoms with van der Waals surface area (Å²) in [5.74, 6) is 0. The molecule has 0 N–H and O–H groups in total. The third-order valence-corrected chi connectivity index (χ3v) is 1.86. The molecule has 0 radical (unpaired) electrons. The summed E-state index contributed by atoms with van der Waals surface area (Å²) < 4.78 is 0. The molecule has 11 heavy (non-hydrogen) atoms. The Bertz CT molecular complexity index is 150. The molecule has 0 heterocycles. The van der Waals surface area contributed by atoms with Gasteiger partial charge < -0.3 is 0 Å². The predicted molar refractivity (Wildman–Crippen MR) is 47.2 cm³/mol. The molecule has 0 aromatic carbocycles. The highest BCUT2D eigenvalue weighted by atomic mass is 15.2. The quantitative estimate of drug-likeness (QED) is 0.608. The first-order valence-electron chi connectivity index (χ1n) is 4.09. The van der Waals surface area contributed by atoms with Crippen molar-refractivity contribution in [2.24, 2.45) is 0 Å². The van der Waals surface area contributed by atoms with E-state index in [1.807, 2.05) is 6.92 Å². The highest BCUT2D eigenvalue weighted by molar-refractivity contribution is 4.92. The summed E-state index contributed by atoms with van der Waals surface area (Å²) >= 11 is 0. The number of hydrogen-bond acceptors (Lipinski definition) is 2. The van der Waals surface area contributed by atoms with E-state index < -0.39 is 0 Å². The third-order valence-electron chi connectivity index (χ3n) is 1.86. The lowest BCUT2D eigenvalue weighted by atomic mass is 10.0. The van der Waals surface area contributed by atoms with Crippen molar-refractivity contribution in [1.82, 2.24) is 4.90 Å². The zero-order chi connectivity index (χ0) is 9.07. The van der Waals surface area contributed by atoms with Gasteiger partial charge in [0.25, 0.3) is 0 Å². The standard InChI is InChI=1S/C9H18N2/c1-6-11(8(2)7-10)9(3,4)5/h8H,6H2,1-5H3. The van der Waals surface area contributed by atoms with Gasteiger partial charge in [0.2, 0.25) is 0 Å². The molecule has 2 heteroatoms. The van der Waals surface area contributed by atoms with Gasteiger partial charge in [0.15, 0.2) is 0 Å². The molecule has 64 valence electrons. The minimum atomic E-state index is 0.0139. The lowest BCUT2D eigenvalue weighted by Gasteiger charge is -2.36. The van der Waals surface area contributed by atoms with Gasteiger partial charge in [-0.05, 0) is 34.2 Å². The van der Waals surface area contributed by atoms with Gasteiger partial charge >= 0.3 is 0 Å². The molecule has 0 fully saturated rings. The molecule has 0 saturated heterocycles. The van der Waals surface area contributed by atoms with Gasteiger partial charge in [0, 0.05) is 5.54 Å². The van der Waals surface area contributed by atoms with Crippen LogP contribution in [0.3, 0.4) is 0 Å². The van der Waals surface area contributed by atoms with Crippen LogP contribution < -0.4 is 0 Å². The Kier molecular flexibility index (Phi) is 3.54. The van der Waals surface area contributed by atoms with Gasteiger partial charge in [-0.3, -0.25) is 4.90 Å². The Morgan fingerprint density at radius 3 is 2.00 bits per heavy atom. The van der Waals surface area contributed by atoms with Crippen LogP contribution in [0.1, 0.15) is 34.6 Å². The van der Waals surface area contributed by atoms with Gasteiger partial charge in [-0.2, -0.15) is 5.26 Å². The van der Waals surface area contributed by atoms with Crippen LogP contribution in [0.25, 0.3) is 0 Å². The van der Waals surface area contributed by atoms with Crippen LogP contribution in [0.4, 0.5) is 0 Å². The zero-order valence-corrected chi connectivity index (χ0v) is 8.18. The largest absolute Gasteiger partial charge is 0.284 e. The Hall–Kier alpha value is -0.550. The predicted octanol–water partition coefficient (Wildman–Crippen LogP) is 2.02. The van der Waals surface area contributed by atoms with Gasteiger partial charge in [-0.1, -0.05) is 6.92 Å². The van der Waals surface area contributed by atoms with Gasteiger partial charge in [0.05, 0.1) is 12.1 Å². The Balaban J connectivity index is 4.31. The number of hydrogen-bond donors (Lipinski definition) is 0. The monoisotopic (exact) mass is 154 g/mol. The van der Waals surface area contributed by atoms with E-state index in [2.05, 4.69) is 38.7 Å². The van der Waals surface area contributed by atoms with E-state index in [-0.39, 0.29) is 11.6 Å². The van der Waals surface area contributed by atoms with E-state index in [1.54, 1.807) is 0 Å². The minimum Gasteiger partial charge on any atom is -0.284 e. The second-order valence-electron chi connectivity index (χ2n) is 3.76. The van der Waals surface area contributed by atoms with Crippen molar-refractivity contribution in [1.29, 1.82) is 5.26 Å². The SMILES string of the molecule is CCN(C(C)C#N)C(C)(C)C. The summed E-state index contributed by atoms with van der Waals surface area (Å²) in [6.07, 6.45) is 0. The van der Waals surface area contributed by atoms with Crippen molar-refractivity contribution >= 4 is 0 Å². The molecule has 0 saturated carbocycles. The van der Waals surface area contributed by atoms with Crippen molar-refractivity contribution in [3.05, 3.63) is 0 Å². The van der Waals surface area contributed by atoms with Crippen LogP contribution in [0.15, 0.2) is 0 Å². The summed E-state index contributed by atoms with van der Waals surface area (Å²) in [7, 11) is 0. The van der Waals surface area contributed by atoms with E-state index in [0.717, 1.165) is 6.54 Å². The van der Waals surface area contributed by atoms with E-state index in [0.29, 0.717) is 0 Å². The maximum Gasteiger partial charge on any atom is 0.0953 e. The summed E-state index contributed by atoms with van der Waals surface area (Å²) in [6, 6.07) is 2.26. The smallest absolute Gasteiger partial charge is 0.0953 e. The summed E-state index contributed by atoms with van der Waals surface area (Å²) in [5, 5.41) is 8.71. The average molecular weight is 154 g/mol. The van der Waals surface area contributed by atoms with Crippen LogP contribution in [-0.2, 0) is 0 Å². The molecule has 0 amide bonds. The molecule has 0 aliphatic heterocycles. The Morgan fingerprint density at radius 1 is 1.45 bits per heavy atom. The molecule has 0 aromatic rings. The average Bonchev–Trinajstić information content (AvgIpc) is 1.86. The fourth-order valence-electron chi connectivity index (χ4n) is 1.40. The third kappa shape index (κ3) is 2.90. The maximum absolute atomic E-state index is 8.71. The van der Waals surface area contributed by atoms with E-state index in [1.165, 1.54) is 0 Å². The van der Waals surface area contributed by atoms with Crippen LogP contribution in [0.2, 0.25) is 0 Å². The molecule has 0 spiro atoms. The molecule has 0 bridgehead atoms. The molecule has 2 nitrogen and oxygen atoms in total. The summed E-state index contributed by atoms with van der Waals surface area (Å²) in [5.41, 5.74) is 0.101. The lowest BCUT2D eigenvalue weighted by molar-refractivity contribution is 0.123. The van der Waals surface area contributed by atoms with Crippen LogP contribution >= 0.6 is 0 Å². The van der Waals surface area contributed by atoms with Crippen molar-refractivity contribution in [2.45, 2.75) is 46.2 Å². The Morgan fingerprint density at radius 2 is 1.91 bits per heavy atom. The van der Waals surface area contributed by atoms with Crippen molar-refractivity contribution < 1.29 is 0 Å². The topological polar surface area (TPSA) is 27.0 Å². The van der Waals surface area contributed by atoms with Gasteiger partial charge in [-0.15, -0.1) is 0 Å². The first-order valence-corrected chi connectivity index (χ1v) is 4.09.